The van der Waals surface area contributed by atoms with E-state index in [1.54, 1.807) is 12.1 Å². The Kier molecular flexibility index (Phi) is 3.37. The van der Waals surface area contributed by atoms with Gasteiger partial charge in [0.05, 0.1) is 12.8 Å². The molecule has 2 amide bonds. The average Bonchev–Trinajstić information content (AvgIpc) is 3.06. The summed E-state index contributed by atoms with van der Waals surface area (Å²) in [4.78, 5) is 23.1. The van der Waals surface area contributed by atoms with Gasteiger partial charge in [0.2, 0.25) is 0 Å². The normalized spacial score (nSPS) is 25.1. The monoisotopic (exact) mass is 273 g/mol. The van der Waals surface area contributed by atoms with E-state index >= 15 is 0 Å². The number of nitrogens with zero attached hydrogens (tertiary/aromatic N) is 1. The zero-order valence-electron chi connectivity index (χ0n) is 10.8. The zero-order chi connectivity index (χ0) is 13.9. The molecule has 2 N–H and O–H groups in total. The van der Waals surface area contributed by atoms with Crippen LogP contribution in [0.25, 0.3) is 0 Å². The molecule has 0 bridgehead atoms. The summed E-state index contributed by atoms with van der Waals surface area (Å²) in [6, 6.07) is 3.44. The standard InChI is InChI=1S/C14H15N3O3/c18-13(15-8-10-4-2-6-20-10)14(19)17-16-12-7-9-3-1-5-11(9)12/h1-4,6,9,11H,5,7-8H2,(H,15,18)(H,17,19)/b16-12+/t9-,11+/m0/s1. The summed E-state index contributed by atoms with van der Waals surface area (Å²) < 4.78 is 5.05. The molecule has 0 radical (unpaired) electrons. The first-order valence-corrected chi connectivity index (χ1v) is 6.57. The molecule has 0 unspecified atom stereocenters. The molecule has 3 rings (SSSR count). The van der Waals surface area contributed by atoms with Crippen molar-refractivity contribution in [3.05, 3.63) is 36.3 Å². The van der Waals surface area contributed by atoms with E-state index in [1.807, 2.05) is 0 Å². The number of hydrogen-bond acceptors (Lipinski definition) is 4. The molecule has 2 aliphatic carbocycles. The van der Waals surface area contributed by atoms with E-state index in [0.717, 1.165) is 18.6 Å². The van der Waals surface area contributed by atoms with Crippen molar-refractivity contribution in [2.24, 2.45) is 16.9 Å². The third-order valence-corrected chi connectivity index (χ3v) is 3.67. The van der Waals surface area contributed by atoms with Gasteiger partial charge in [-0.3, -0.25) is 9.59 Å². The van der Waals surface area contributed by atoms with Crippen molar-refractivity contribution in [2.75, 3.05) is 0 Å². The lowest BCUT2D eigenvalue weighted by Gasteiger charge is -2.31. The smallest absolute Gasteiger partial charge is 0.329 e. The molecule has 1 fully saturated rings. The molecule has 104 valence electrons. The van der Waals surface area contributed by atoms with Gasteiger partial charge in [-0.05, 0) is 30.9 Å². The van der Waals surface area contributed by atoms with Crippen molar-refractivity contribution in [1.29, 1.82) is 0 Å². The highest BCUT2D eigenvalue weighted by Gasteiger charge is 2.38. The highest BCUT2D eigenvalue weighted by molar-refractivity contribution is 6.35. The molecule has 6 nitrogen and oxygen atoms in total. The summed E-state index contributed by atoms with van der Waals surface area (Å²) >= 11 is 0. The quantitative estimate of drug-likeness (QED) is 0.489. The van der Waals surface area contributed by atoms with Crippen LogP contribution in [0.1, 0.15) is 18.6 Å². The van der Waals surface area contributed by atoms with Crippen molar-refractivity contribution < 1.29 is 14.0 Å². The van der Waals surface area contributed by atoms with Crippen molar-refractivity contribution in [2.45, 2.75) is 19.4 Å². The van der Waals surface area contributed by atoms with Crippen molar-refractivity contribution in [3.63, 3.8) is 0 Å². The maximum Gasteiger partial charge on any atom is 0.329 e. The van der Waals surface area contributed by atoms with E-state index in [4.69, 9.17) is 4.42 Å². The van der Waals surface area contributed by atoms with E-state index in [0.29, 0.717) is 17.6 Å². The second-order valence-electron chi connectivity index (χ2n) is 4.94. The molecule has 1 aromatic heterocycles. The van der Waals surface area contributed by atoms with Crippen LogP contribution in [0.15, 0.2) is 40.1 Å². The number of carbonyl (C=O) groups is 2. The lowest BCUT2D eigenvalue weighted by atomic mass is 9.74. The largest absolute Gasteiger partial charge is 0.467 e. The minimum atomic E-state index is -0.751. The maximum atomic E-state index is 11.6. The number of amides is 2. The molecule has 2 aliphatic rings. The van der Waals surface area contributed by atoms with Crippen LogP contribution in [0.2, 0.25) is 0 Å². The molecule has 0 aromatic carbocycles. The number of rotatable bonds is 3. The predicted molar refractivity (Wildman–Crippen MR) is 71.5 cm³/mol. The summed E-state index contributed by atoms with van der Waals surface area (Å²) in [5.74, 6) is 0.112. The summed E-state index contributed by atoms with van der Waals surface area (Å²) in [6.45, 7) is 0.185. The molecular weight excluding hydrogens is 258 g/mol. The van der Waals surface area contributed by atoms with Crippen LogP contribution in [0.5, 0.6) is 0 Å². The third-order valence-electron chi connectivity index (χ3n) is 3.67. The first-order chi connectivity index (χ1) is 9.74. The van der Waals surface area contributed by atoms with Crippen LogP contribution in [0, 0.1) is 11.8 Å². The van der Waals surface area contributed by atoms with Crippen molar-refractivity contribution in [3.8, 4) is 0 Å². The maximum absolute atomic E-state index is 11.6. The number of hydrazone groups is 1. The van der Waals surface area contributed by atoms with Gasteiger partial charge in [-0.1, -0.05) is 12.2 Å². The molecular formula is C14H15N3O3. The van der Waals surface area contributed by atoms with E-state index < -0.39 is 11.8 Å². The second kappa shape index (κ2) is 5.32. The molecule has 1 aromatic rings. The number of hydrogen-bond donors (Lipinski definition) is 2. The van der Waals surface area contributed by atoms with E-state index in [-0.39, 0.29) is 6.54 Å². The molecule has 1 saturated carbocycles. The molecule has 6 heteroatoms. The van der Waals surface area contributed by atoms with E-state index in [2.05, 4.69) is 28.0 Å². The Bertz CT molecular complexity index is 574. The number of fused-ring (bicyclic) bond motifs is 1. The van der Waals surface area contributed by atoms with Gasteiger partial charge >= 0.3 is 11.8 Å². The molecule has 1 heterocycles. The van der Waals surface area contributed by atoms with Gasteiger partial charge in [0.25, 0.3) is 0 Å². The van der Waals surface area contributed by atoms with Gasteiger partial charge < -0.3 is 9.73 Å². The zero-order valence-corrected chi connectivity index (χ0v) is 10.8. The Morgan fingerprint density at radius 2 is 2.30 bits per heavy atom. The van der Waals surface area contributed by atoms with Gasteiger partial charge in [0, 0.05) is 11.6 Å². The van der Waals surface area contributed by atoms with Gasteiger partial charge in [-0.2, -0.15) is 5.10 Å². The van der Waals surface area contributed by atoms with Gasteiger partial charge in [0.15, 0.2) is 0 Å². The first-order valence-electron chi connectivity index (χ1n) is 6.57. The van der Waals surface area contributed by atoms with Crippen LogP contribution in [-0.4, -0.2) is 17.5 Å². The van der Waals surface area contributed by atoms with Crippen molar-refractivity contribution in [1.82, 2.24) is 10.7 Å². The number of nitrogens with one attached hydrogen (secondary N) is 2. The lowest BCUT2D eigenvalue weighted by Crippen LogP contribution is -2.40. The summed E-state index contributed by atoms with van der Waals surface area (Å²) in [7, 11) is 0. The van der Waals surface area contributed by atoms with Crippen molar-refractivity contribution >= 4 is 17.5 Å². The average molecular weight is 273 g/mol. The summed E-state index contributed by atoms with van der Waals surface area (Å²) in [6.07, 6.45) is 7.67. The Morgan fingerprint density at radius 1 is 1.40 bits per heavy atom. The van der Waals surface area contributed by atoms with Crippen LogP contribution >= 0.6 is 0 Å². The van der Waals surface area contributed by atoms with E-state index in [1.165, 1.54) is 6.26 Å². The lowest BCUT2D eigenvalue weighted by molar-refractivity contribution is -0.139. The Labute approximate surface area is 115 Å². The number of carbonyl (C=O) groups excluding carboxylic acids is 2. The van der Waals surface area contributed by atoms with E-state index in [9.17, 15) is 9.59 Å². The minimum absolute atomic E-state index is 0.185. The molecule has 20 heavy (non-hydrogen) atoms. The fourth-order valence-electron chi connectivity index (χ4n) is 2.50. The van der Waals surface area contributed by atoms with Crippen LogP contribution in [-0.2, 0) is 16.1 Å². The fraction of sp³-hybridized carbons (Fsp3) is 0.357. The summed E-state index contributed by atoms with van der Waals surface area (Å²) in [5.41, 5.74) is 3.27. The number of allylic oxidation sites excluding steroid dienone is 2. The number of furan rings is 1. The SMILES string of the molecule is O=C(NCc1ccco1)C(=O)N/N=C1\C[C@@H]2C=CC[C@@H]12. The second-order valence-corrected chi connectivity index (χ2v) is 4.94. The highest BCUT2D eigenvalue weighted by atomic mass is 16.3. The fourth-order valence-corrected chi connectivity index (χ4v) is 2.50. The first kappa shape index (κ1) is 12.7. The van der Waals surface area contributed by atoms with Crippen LogP contribution < -0.4 is 10.7 Å². The molecule has 0 aliphatic heterocycles. The Morgan fingerprint density at radius 3 is 3.05 bits per heavy atom. The molecule has 0 saturated heterocycles. The van der Waals surface area contributed by atoms with Crippen LogP contribution in [0.4, 0.5) is 0 Å². The highest BCUT2D eigenvalue weighted by Crippen LogP contribution is 2.39. The minimum Gasteiger partial charge on any atom is -0.467 e. The van der Waals surface area contributed by atoms with Gasteiger partial charge in [-0.25, -0.2) is 5.43 Å². The Balaban J connectivity index is 1.45. The van der Waals surface area contributed by atoms with Gasteiger partial charge in [-0.15, -0.1) is 0 Å². The van der Waals surface area contributed by atoms with Crippen LogP contribution in [0.3, 0.4) is 0 Å². The van der Waals surface area contributed by atoms with Gasteiger partial charge in [0.1, 0.15) is 5.76 Å². The Hall–Kier alpha value is -2.37. The molecule has 0 spiro atoms. The summed E-state index contributed by atoms with van der Waals surface area (Å²) in [5, 5.41) is 6.50. The topological polar surface area (TPSA) is 83.7 Å². The predicted octanol–water partition coefficient (Wildman–Crippen LogP) is 0.964. The molecule has 2 atom stereocenters. The third kappa shape index (κ3) is 2.49.